The van der Waals surface area contributed by atoms with E-state index in [4.69, 9.17) is 16.3 Å². The molecule has 1 aliphatic rings. The summed E-state index contributed by atoms with van der Waals surface area (Å²) in [6, 6.07) is 2.82. The lowest BCUT2D eigenvalue weighted by molar-refractivity contribution is -0.114. The second kappa shape index (κ2) is 8.22. The van der Waals surface area contributed by atoms with Gasteiger partial charge in [0.15, 0.2) is 0 Å². The lowest BCUT2D eigenvalue weighted by Crippen LogP contribution is -2.53. The lowest BCUT2D eigenvalue weighted by atomic mass is 10.3. The number of hydrazine groups is 1. The Balaban J connectivity index is 2.15. The van der Waals surface area contributed by atoms with E-state index in [2.05, 4.69) is 20.7 Å². The zero-order chi connectivity index (χ0) is 20.2. The molecule has 1 aromatic rings. The minimum atomic E-state index is -4.32. The van der Waals surface area contributed by atoms with Crippen molar-refractivity contribution in [1.29, 1.82) is 0 Å². The highest BCUT2D eigenvalue weighted by atomic mass is 35.5. The molecule has 0 unspecified atom stereocenters. The van der Waals surface area contributed by atoms with Crippen LogP contribution in [0.4, 0.5) is 10.5 Å². The maximum absolute atomic E-state index is 12.5. The molecule has 1 aliphatic heterocycles. The van der Waals surface area contributed by atoms with Gasteiger partial charge in [-0.05, 0) is 25.1 Å². The highest BCUT2D eigenvalue weighted by Crippen LogP contribution is 2.25. The van der Waals surface area contributed by atoms with Crippen molar-refractivity contribution in [3.05, 3.63) is 23.2 Å². The highest BCUT2D eigenvalue weighted by molar-refractivity contribution is 7.90. The van der Waals surface area contributed by atoms with Crippen molar-refractivity contribution in [3.63, 3.8) is 0 Å². The van der Waals surface area contributed by atoms with E-state index in [0.717, 1.165) is 11.1 Å². The minimum Gasteiger partial charge on any atom is -0.467 e. The Hall–Kier alpha value is -2.86. The van der Waals surface area contributed by atoms with Gasteiger partial charge >= 0.3 is 12.1 Å². The van der Waals surface area contributed by atoms with Crippen molar-refractivity contribution in [2.75, 3.05) is 19.1 Å². The molecule has 0 saturated carbocycles. The van der Waals surface area contributed by atoms with Gasteiger partial charge in [0, 0.05) is 12.6 Å². The number of benzene rings is 1. The van der Waals surface area contributed by atoms with Gasteiger partial charge < -0.3 is 10.1 Å². The molecule has 146 valence electrons. The minimum absolute atomic E-state index is 0.00918. The molecular formula is C14H17ClN6O5S. The average Bonchev–Trinajstić information content (AvgIpc) is 2.57. The summed E-state index contributed by atoms with van der Waals surface area (Å²) >= 11 is 5.92. The summed E-state index contributed by atoms with van der Waals surface area (Å²) in [5, 5.41) is 3.43. The van der Waals surface area contributed by atoms with Gasteiger partial charge in [-0.2, -0.15) is 4.99 Å². The van der Waals surface area contributed by atoms with E-state index < -0.39 is 22.0 Å². The zero-order valence-corrected chi connectivity index (χ0v) is 16.2. The summed E-state index contributed by atoms with van der Waals surface area (Å²) in [6.45, 7) is 2.90. The van der Waals surface area contributed by atoms with Gasteiger partial charge in [0.1, 0.15) is 17.4 Å². The summed E-state index contributed by atoms with van der Waals surface area (Å²) in [6.07, 6.45) is 0. The molecule has 0 aliphatic carbocycles. The van der Waals surface area contributed by atoms with E-state index >= 15 is 0 Å². The van der Waals surface area contributed by atoms with Crippen LogP contribution in [0.1, 0.15) is 13.8 Å². The molecule has 0 spiro atoms. The van der Waals surface area contributed by atoms with Gasteiger partial charge in [0.25, 0.3) is 10.0 Å². The maximum Gasteiger partial charge on any atom is 0.347 e. The number of nitrogens with one attached hydrogen (secondary N) is 3. The zero-order valence-electron chi connectivity index (χ0n) is 14.6. The summed E-state index contributed by atoms with van der Waals surface area (Å²) in [4.78, 5) is 30.8. The van der Waals surface area contributed by atoms with Crippen molar-refractivity contribution >= 4 is 51.1 Å². The van der Waals surface area contributed by atoms with E-state index in [-0.39, 0.29) is 28.3 Å². The fourth-order valence-electron chi connectivity index (χ4n) is 2.02. The van der Waals surface area contributed by atoms with Crippen LogP contribution < -0.4 is 15.5 Å². The van der Waals surface area contributed by atoms with Gasteiger partial charge in [-0.1, -0.05) is 11.6 Å². The van der Waals surface area contributed by atoms with E-state index in [1.54, 1.807) is 6.92 Å². The average molecular weight is 417 g/mol. The molecule has 0 fully saturated rings. The van der Waals surface area contributed by atoms with Gasteiger partial charge in [-0.3, -0.25) is 4.79 Å². The van der Waals surface area contributed by atoms with Crippen LogP contribution in [0.5, 0.6) is 0 Å². The Kier molecular flexibility index (Phi) is 6.23. The van der Waals surface area contributed by atoms with Crippen molar-refractivity contribution in [1.82, 2.24) is 15.2 Å². The molecule has 3 amide bonds. The molecule has 0 atom stereocenters. The molecular weight excluding hydrogens is 400 g/mol. The summed E-state index contributed by atoms with van der Waals surface area (Å²) in [5.41, 5.74) is 2.47. The molecule has 1 aromatic carbocycles. The molecule has 27 heavy (non-hydrogen) atoms. The van der Waals surface area contributed by atoms with Crippen molar-refractivity contribution in [2.24, 2.45) is 9.98 Å². The smallest absolute Gasteiger partial charge is 0.347 e. The molecule has 0 radical (unpaired) electrons. The van der Waals surface area contributed by atoms with Crippen LogP contribution in [0.15, 0.2) is 33.1 Å². The fourth-order valence-corrected chi connectivity index (χ4v) is 3.45. The molecule has 3 N–H and O–H groups in total. The topological polar surface area (TPSA) is 142 Å². The third-order valence-corrected chi connectivity index (χ3v) is 4.93. The third kappa shape index (κ3) is 5.31. The number of carbonyl (C=O) groups excluding carboxylic acids is 2. The number of sulfonamides is 1. The summed E-state index contributed by atoms with van der Waals surface area (Å²) < 4.78 is 31.8. The third-order valence-electron chi connectivity index (χ3n) is 3.12. The largest absolute Gasteiger partial charge is 0.467 e. The number of amides is 3. The van der Waals surface area contributed by atoms with Crippen LogP contribution in [0, 0.1) is 0 Å². The number of aliphatic imine (C=N–C) groups is 2. The van der Waals surface area contributed by atoms with Crippen LogP contribution in [0.2, 0.25) is 5.02 Å². The number of ether oxygens (including phenoxy) is 1. The number of hydrogen-bond donors (Lipinski definition) is 3. The van der Waals surface area contributed by atoms with Crippen LogP contribution in [-0.4, -0.2) is 51.0 Å². The molecule has 1 heterocycles. The number of rotatable bonds is 4. The Morgan fingerprint density at radius 1 is 1.33 bits per heavy atom. The Morgan fingerprint density at radius 3 is 2.67 bits per heavy atom. The quantitative estimate of drug-likeness (QED) is 0.665. The first-order valence-corrected chi connectivity index (χ1v) is 9.30. The van der Waals surface area contributed by atoms with Crippen molar-refractivity contribution in [2.45, 2.75) is 18.7 Å². The molecule has 0 aromatic heterocycles. The summed E-state index contributed by atoms with van der Waals surface area (Å²) in [7, 11) is -2.98. The van der Waals surface area contributed by atoms with Crippen molar-refractivity contribution < 1.29 is 22.7 Å². The molecule has 11 nitrogen and oxygen atoms in total. The number of anilines is 1. The summed E-state index contributed by atoms with van der Waals surface area (Å²) in [5.74, 6) is 0.0539. The SMILES string of the molecule is COC1=NC(C)=NCN1NC(=O)NS(=O)(=O)c1cc(NC(C)=O)ccc1Cl. The lowest BCUT2D eigenvalue weighted by Gasteiger charge is -2.25. The number of halogens is 1. The number of nitrogens with zero attached hydrogens (tertiary/aromatic N) is 3. The van der Waals surface area contributed by atoms with E-state index in [1.807, 2.05) is 4.72 Å². The first kappa shape index (κ1) is 20.5. The second-order valence-corrected chi connectivity index (χ2v) is 7.30. The van der Waals surface area contributed by atoms with Crippen LogP contribution in [0.3, 0.4) is 0 Å². The van der Waals surface area contributed by atoms with Gasteiger partial charge in [0.2, 0.25) is 5.91 Å². The van der Waals surface area contributed by atoms with Crippen LogP contribution >= 0.6 is 11.6 Å². The number of hydrogen-bond acceptors (Lipinski definition) is 8. The first-order valence-electron chi connectivity index (χ1n) is 7.44. The number of methoxy groups -OCH3 is 1. The Labute approximate surface area is 160 Å². The fraction of sp³-hybridized carbons (Fsp3) is 0.286. The molecule has 0 bridgehead atoms. The number of carbonyl (C=O) groups is 2. The predicted octanol–water partition coefficient (Wildman–Crippen LogP) is 0.895. The van der Waals surface area contributed by atoms with Gasteiger partial charge in [0.05, 0.1) is 12.1 Å². The molecule has 0 saturated heterocycles. The molecule has 13 heteroatoms. The van der Waals surface area contributed by atoms with Gasteiger partial charge in [-0.15, -0.1) is 0 Å². The maximum atomic E-state index is 12.5. The Morgan fingerprint density at radius 2 is 2.04 bits per heavy atom. The van der Waals surface area contributed by atoms with Crippen molar-refractivity contribution in [3.8, 4) is 0 Å². The van der Waals surface area contributed by atoms with E-state index in [9.17, 15) is 18.0 Å². The Bertz CT molecular complexity index is 930. The predicted molar refractivity (Wildman–Crippen MR) is 98.9 cm³/mol. The van der Waals surface area contributed by atoms with E-state index in [0.29, 0.717) is 5.84 Å². The van der Waals surface area contributed by atoms with Crippen LogP contribution in [-0.2, 0) is 19.6 Å². The monoisotopic (exact) mass is 416 g/mol. The standard InChI is InChI=1S/C14H17ClN6O5S/c1-8-16-7-21(14(17-8)26-3)19-13(23)20-27(24,25)12-6-10(18-9(2)22)4-5-11(12)15/h4-6H,7H2,1-3H3,(H,18,22)(H2,19,20,23). The number of urea groups is 1. The molecule has 2 rings (SSSR count). The second-order valence-electron chi connectivity index (χ2n) is 5.25. The van der Waals surface area contributed by atoms with Gasteiger partial charge in [-0.25, -0.2) is 33.4 Å². The normalized spacial score (nSPS) is 14.0. The highest BCUT2D eigenvalue weighted by Gasteiger charge is 2.24. The number of amidine groups is 2. The first-order chi connectivity index (χ1) is 12.6. The van der Waals surface area contributed by atoms with E-state index in [1.165, 1.54) is 26.2 Å². The van der Waals surface area contributed by atoms with Crippen LogP contribution in [0.25, 0.3) is 0 Å².